The first-order chi connectivity index (χ1) is 10.2. The van der Waals surface area contributed by atoms with Crippen LogP contribution in [0.1, 0.15) is 10.4 Å². The zero-order valence-electron chi connectivity index (χ0n) is 11.7. The molecule has 1 heterocycles. The smallest absolute Gasteiger partial charge is 0.334 e. The van der Waals surface area contributed by atoms with Gasteiger partial charge < -0.3 is 14.7 Å². The van der Waals surface area contributed by atoms with Gasteiger partial charge in [0.15, 0.2) is 15.9 Å². The van der Waals surface area contributed by atoms with E-state index >= 15 is 0 Å². The third-order valence-electron chi connectivity index (χ3n) is 3.23. The van der Waals surface area contributed by atoms with Gasteiger partial charge in [-0.1, -0.05) is 0 Å². The molecule has 1 aromatic rings. The van der Waals surface area contributed by atoms with E-state index in [0.717, 1.165) is 6.26 Å². The molecule has 0 bridgehead atoms. The number of sulfone groups is 1. The van der Waals surface area contributed by atoms with E-state index in [9.17, 15) is 18.0 Å². The van der Waals surface area contributed by atoms with Crippen LogP contribution in [-0.4, -0.2) is 62.4 Å². The van der Waals surface area contributed by atoms with Crippen LogP contribution in [0, 0.1) is 0 Å². The fraction of sp³-hybridized carbons (Fsp3) is 0.385. The zero-order chi connectivity index (χ0) is 16.5. The van der Waals surface area contributed by atoms with Crippen LogP contribution in [0.15, 0.2) is 27.6 Å². The second kappa shape index (κ2) is 6.35. The van der Waals surface area contributed by atoms with Crippen molar-refractivity contribution in [1.29, 1.82) is 0 Å². The van der Waals surface area contributed by atoms with E-state index in [2.05, 4.69) is 15.9 Å². The molecule has 22 heavy (non-hydrogen) atoms. The summed E-state index contributed by atoms with van der Waals surface area (Å²) >= 11 is 3.22. The molecule has 1 atom stereocenters. The zero-order valence-corrected chi connectivity index (χ0v) is 14.1. The van der Waals surface area contributed by atoms with Crippen molar-refractivity contribution in [3.63, 3.8) is 0 Å². The molecule has 1 amide bonds. The number of carboxylic acid groups (broad SMARTS) is 1. The number of benzene rings is 1. The molecule has 1 N–H and O–H groups in total. The normalized spacial score (nSPS) is 19.0. The number of morpholine rings is 1. The molecule has 7 nitrogen and oxygen atoms in total. The third-order valence-corrected chi connectivity index (χ3v) is 5.03. The molecule has 0 radical (unpaired) electrons. The van der Waals surface area contributed by atoms with Crippen LogP contribution >= 0.6 is 15.9 Å². The van der Waals surface area contributed by atoms with E-state index < -0.39 is 27.8 Å². The van der Waals surface area contributed by atoms with Crippen LogP contribution < -0.4 is 0 Å². The predicted octanol–water partition coefficient (Wildman–Crippen LogP) is 0.778. The molecule has 1 aromatic carbocycles. The van der Waals surface area contributed by atoms with Gasteiger partial charge in [-0.05, 0) is 34.1 Å². The van der Waals surface area contributed by atoms with Gasteiger partial charge in [0.1, 0.15) is 0 Å². The number of aliphatic carboxylic acids is 1. The summed E-state index contributed by atoms with van der Waals surface area (Å²) in [5.74, 6) is -1.58. The standard InChI is InChI=1S/C13H14BrNO6S/c1-22(19,20)8-2-3-10(14)9(6-8)12(16)15-4-5-21-11(7-15)13(17)18/h2-3,6,11H,4-5,7H2,1H3,(H,17,18)/t11-/m0/s1. The molecule has 1 aliphatic rings. The fourth-order valence-electron chi connectivity index (χ4n) is 2.05. The fourth-order valence-corrected chi connectivity index (χ4v) is 3.12. The lowest BCUT2D eigenvalue weighted by molar-refractivity contribution is -0.154. The molecule has 1 aliphatic heterocycles. The van der Waals surface area contributed by atoms with Crippen LogP contribution in [0.25, 0.3) is 0 Å². The van der Waals surface area contributed by atoms with Crippen molar-refractivity contribution in [2.45, 2.75) is 11.0 Å². The molecule has 0 aliphatic carbocycles. The van der Waals surface area contributed by atoms with Gasteiger partial charge >= 0.3 is 5.97 Å². The molecule has 2 rings (SSSR count). The first kappa shape index (κ1) is 16.9. The number of carboxylic acids is 1. The van der Waals surface area contributed by atoms with Crippen molar-refractivity contribution in [3.05, 3.63) is 28.2 Å². The quantitative estimate of drug-likeness (QED) is 0.816. The number of nitrogens with zero attached hydrogens (tertiary/aromatic N) is 1. The Hall–Kier alpha value is -1.45. The van der Waals surface area contributed by atoms with Crippen molar-refractivity contribution < 1.29 is 27.9 Å². The minimum Gasteiger partial charge on any atom is -0.479 e. The minimum atomic E-state index is -3.44. The van der Waals surface area contributed by atoms with E-state index in [-0.39, 0.29) is 30.2 Å². The van der Waals surface area contributed by atoms with Gasteiger partial charge in [0.05, 0.1) is 23.6 Å². The van der Waals surface area contributed by atoms with Gasteiger partial charge in [0, 0.05) is 17.3 Å². The van der Waals surface area contributed by atoms with Crippen LogP contribution in [0.4, 0.5) is 0 Å². The number of amides is 1. The molecular formula is C13H14BrNO6S. The number of ether oxygens (including phenoxy) is 1. The molecule has 0 saturated carbocycles. The van der Waals surface area contributed by atoms with Crippen LogP contribution in [-0.2, 0) is 19.4 Å². The largest absolute Gasteiger partial charge is 0.479 e. The first-order valence-corrected chi connectivity index (χ1v) is 9.02. The number of halogens is 1. The maximum atomic E-state index is 12.5. The lowest BCUT2D eigenvalue weighted by Crippen LogP contribution is -2.48. The van der Waals surface area contributed by atoms with Crippen LogP contribution in [0.2, 0.25) is 0 Å². The van der Waals surface area contributed by atoms with Gasteiger partial charge in [-0.3, -0.25) is 4.79 Å². The van der Waals surface area contributed by atoms with E-state index in [4.69, 9.17) is 9.84 Å². The van der Waals surface area contributed by atoms with E-state index in [1.54, 1.807) is 0 Å². The molecule has 9 heteroatoms. The van der Waals surface area contributed by atoms with Crippen molar-refractivity contribution in [1.82, 2.24) is 4.90 Å². The lowest BCUT2D eigenvalue weighted by Gasteiger charge is -2.31. The van der Waals surface area contributed by atoms with Crippen molar-refractivity contribution in [2.24, 2.45) is 0 Å². The predicted molar refractivity (Wildman–Crippen MR) is 80.5 cm³/mol. The monoisotopic (exact) mass is 391 g/mol. The van der Waals surface area contributed by atoms with Gasteiger partial charge in [-0.2, -0.15) is 0 Å². The topological polar surface area (TPSA) is 101 Å². The Bertz CT molecular complexity index is 717. The number of hydrogen-bond acceptors (Lipinski definition) is 5. The SMILES string of the molecule is CS(=O)(=O)c1ccc(Br)c(C(=O)N2CCO[C@H](C(=O)O)C2)c1. The molecule has 1 fully saturated rings. The van der Waals surface area contributed by atoms with E-state index in [0.29, 0.717) is 4.47 Å². The lowest BCUT2D eigenvalue weighted by atomic mass is 10.1. The summed E-state index contributed by atoms with van der Waals surface area (Å²) < 4.78 is 28.7. The number of rotatable bonds is 3. The molecule has 0 unspecified atom stereocenters. The third kappa shape index (κ3) is 3.65. The Kier molecular flexibility index (Phi) is 4.88. The Labute approximate surface area is 135 Å². The van der Waals surface area contributed by atoms with Gasteiger partial charge in [-0.25, -0.2) is 13.2 Å². The highest BCUT2D eigenvalue weighted by Gasteiger charge is 2.30. The molecule has 0 aromatic heterocycles. The summed E-state index contributed by atoms with van der Waals surface area (Å²) in [5, 5.41) is 8.96. The first-order valence-electron chi connectivity index (χ1n) is 6.33. The van der Waals surface area contributed by atoms with Crippen molar-refractivity contribution in [3.8, 4) is 0 Å². The minimum absolute atomic E-state index is 0.0297. The molecule has 0 spiro atoms. The highest BCUT2D eigenvalue weighted by Crippen LogP contribution is 2.23. The molecular weight excluding hydrogens is 378 g/mol. The number of hydrogen-bond donors (Lipinski definition) is 1. The van der Waals surface area contributed by atoms with Gasteiger partial charge in [0.25, 0.3) is 5.91 Å². The molecule has 120 valence electrons. The Morgan fingerprint density at radius 3 is 2.68 bits per heavy atom. The van der Waals surface area contributed by atoms with Crippen LogP contribution in [0.3, 0.4) is 0 Å². The van der Waals surface area contributed by atoms with Gasteiger partial charge in [0.2, 0.25) is 0 Å². The number of carbonyl (C=O) groups is 2. The second-order valence-electron chi connectivity index (χ2n) is 4.86. The average molecular weight is 392 g/mol. The summed E-state index contributed by atoms with van der Waals surface area (Å²) in [6.07, 6.45) is -0.0192. The maximum absolute atomic E-state index is 12.5. The summed E-state index contributed by atoms with van der Waals surface area (Å²) in [7, 11) is -3.44. The summed E-state index contributed by atoms with van der Waals surface area (Å²) in [4.78, 5) is 24.9. The second-order valence-corrected chi connectivity index (χ2v) is 7.73. The average Bonchev–Trinajstić information content (AvgIpc) is 2.46. The van der Waals surface area contributed by atoms with Crippen molar-refractivity contribution in [2.75, 3.05) is 26.0 Å². The van der Waals surface area contributed by atoms with Gasteiger partial charge in [-0.15, -0.1) is 0 Å². The Balaban J connectivity index is 2.31. The highest BCUT2D eigenvalue weighted by molar-refractivity contribution is 9.10. The van der Waals surface area contributed by atoms with E-state index in [1.807, 2.05) is 0 Å². The number of carbonyl (C=O) groups excluding carboxylic acids is 1. The highest BCUT2D eigenvalue weighted by atomic mass is 79.9. The Morgan fingerprint density at radius 2 is 2.09 bits per heavy atom. The van der Waals surface area contributed by atoms with E-state index in [1.165, 1.54) is 23.1 Å². The van der Waals surface area contributed by atoms with Crippen LogP contribution in [0.5, 0.6) is 0 Å². The summed E-state index contributed by atoms with van der Waals surface area (Å²) in [6.45, 7) is 0.286. The Morgan fingerprint density at radius 1 is 1.41 bits per heavy atom. The van der Waals surface area contributed by atoms with Crippen molar-refractivity contribution >= 4 is 37.6 Å². The molecule has 1 saturated heterocycles. The summed E-state index contributed by atoms with van der Waals surface area (Å²) in [5.41, 5.74) is 0.175. The maximum Gasteiger partial charge on any atom is 0.334 e. The summed E-state index contributed by atoms with van der Waals surface area (Å²) in [6, 6.07) is 4.17.